The van der Waals surface area contributed by atoms with Crippen molar-refractivity contribution in [3.8, 4) is 5.75 Å². The van der Waals surface area contributed by atoms with E-state index >= 15 is 0 Å². The number of hydrogen-bond acceptors (Lipinski definition) is 3. The molecule has 0 aliphatic rings. The highest BCUT2D eigenvalue weighted by Crippen LogP contribution is 2.19. The van der Waals surface area contributed by atoms with Crippen molar-refractivity contribution < 1.29 is 14.3 Å². The summed E-state index contributed by atoms with van der Waals surface area (Å²) < 4.78 is 9.97. The van der Waals surface area contributed by atoms with Crippen LogP contribution in [0.4, 0.5) is 0 Å². The second-order valence-electron chi connectivity index (χ2n) is 2.88. The SMILES string of the molecule is C=Cc1cc(OCC)ccc1C(=O)OC. The molecule has 0 unspecified atom stereocenters. The number of hydrogen-bond donors (Lipinski definition) is 0. The monoisotopic (exact) mass is 206 g/mol. The Kier molecular flexibility index (Phi) is 3.92. The van der Waals surface area contributed by atoms with Gasteiger partial charge in [-0.25, -0.2) is 4.79 Å². The zero-order valence-corrected chi connectivity index (χ0v) is 8.95. The van der Waals surface area contributed by atoms with Gasteiger partial charge in [0.2, 0.25) is 0 Å². The average molecular weight is 206 g/mol. The molecule has 1 rings (SSSR count). The smallest absolute Gasteiger partial charge is 0.338 e. The van der Waals surface area contributed by atoms with Crippen molar-refractivity contribution >= 4 is 12.0 Å². The molecule has 3 heteroatoms. The normalized spacial score (nSPS) is 9.47. The Bertz CT molecular complexity index is 369. The molecule has 0 aliphatic carbocycles. The Labute approximate surface area is 89.3 Å². The molecule has 0 aliphatic heterocycles. The van der Waals surface area contributed by atoms with Crippen LogP contribution in [-0.2, 0) is 4.74 Å². The van der Waals surface area contributed by atoms with Crippen LogP contribution in [0.15, 0.2) is 24.8 Å². The molecule has 0 bridgehead atoms. The molecule has 3 nitrogen and oxygen atoms in total. The molecule has 0 saturated carbocycles. The molecule has 0 N–H and O–H groups in total. The van der Waals surface area contributed by atoms with E-state index in [-0.39, 0.29) is 5.97 Å². The van der Waals surface area contributed by atoms with Gasteiger partial charge in [0, 0.05) is 0 Å². The minimum atomic E-state index is -0.368. The molecular formula is C12H14O3. The van der Waals surface area contributed by atoms with Crippen molar-refractivity contribution in [2.24, 2.45) is 0 Å². The summed E-state index contributed by atoms with van der Waals surface area (Å²) in [6.07, 6.45) is 1.61. The molecule has 0 spiro atoms. The van der Waals surface area contributed by atoms with Crippen LogP contribution in [0, 0.1) is 0 Å². The highest BCUT2D eigenvalue weighted by molar-refractivity contribution is 5.93. The molecule has 0 amide bonds. The summed E-state index contributed by atoms with van der Waals surface area (Å²) >= 11 is 0. The lowest BCUT2D eigenvalue weighted by Gasteiger charge is -2.07. The fourth-order valence-electron chi connectivity index (χ4n) is 1.26. The number of ether oxygens (including phenoxy) is 2. The lowest BCUT2D eigenvalue weighted by atomic mass is 10.1. The van der Waals surface area contributed by atoms with Crippen molar-refractivity contribution in [1.29, 1.82) is 0 Å². The second-order valence-corrected chi connectivity index (χ2v) is 2.88. The predicted molar refractivity (Wildman–Crippen MR) is 59.0 cm³/mol. The van der Waals surface area contributed by atoms with E-state index in [1.165, 1.54) is 7.11 Å². The predicted octanol–water partition coefficient (Wildman–Crippen LogP) is 2.51. The number of methoxy groups -OCH3 is 1. The van der Waals surface area contributed by atoms with Crippen LogP contribution in [0.2, 0.25) is 0 Å². The molecule has 1 aromatic carbocycles. The third kappa shape index (κ3) is 2.59. The summed E-state index contributed by atoms with van der Waals surface area (Å²) in [5.41, 5.74) is 1.21. The van der Waals surface area contributed by atoms with Gasteiger partial charge in [-0.15, -0.1) is 0 Å². The summed E-state index contributed by atoms with van der Waals surface area (Å²) in [5.74, 6) is 0.355. The maximum Gasteiger partial charge on any atom is 0.338 e. The molecule has 80 valence electrons. The third-order valence-corrected chi connectivity index (χ3v) is 1.96. The van der Waals surface area contributed by atoms with Gasteiger partial charge >= 0.3 is 5.97 Å². The quantitative estimate of drug-likeness (QED) is 0.710. The summed E-state index contributed by atoms with van der Waals surface area (Å²) in [6.45, 7) is 6.14. The van der Waals surface area contributed by atoms with Gasteiger partial charge in [-0.2, -0.15) is 0 Å². The Morgan fingerprint density at radius 2 is 2.27 bits per heavy atom. The third-order valence-electron chi connectivity index (χ3n) is 1.96. The van der Waals surface area contributed by atoms with Crippen molar-refractivity contribution in [3.05, 3.63) is 35.9 Å². The van der Waals surface area contributed by atoms with Gasteiger partial charge in [-0.3, -0.25) is 0 Å². The van der Waals surface area contributed by atoms with Gasteiger partial charge in [-0.05, 0) is 30.7 Å². The highest BCUT2D eigenvalue weighted by Gasteiger charge is 2.10. The van der Waals surface area contributed by atoms with E-state index in [0.29, 0.717) is 17.7 Å². The lowest BCUT2D eigenvalue weighted by molar-refractivity contribution is 0.0600. The fourth-order valence-corrected chi connectivity index (χ4v) is 1.26. The molecule has 0 fully saturated rings. The van der Waals surface area contributed by atoms with E-state index in [0.717, 1.165) is 5.75 Å². The largest absolute Gasteiger partial charge is 0.494 e. The highest BCUT2D eigenvalue weighted by atomic mass is 16.5. The van der Waals surface area contributed by atoms with Crippen LogP contribution in [0.5, 0.6) is 5.75 Å². The average Bonchev–Trinajstić information content (AvgIpc) is 2.28. The first-order valence-electron chi connectivity index (χ1n) is 4.70. The lowest BCUT2D eigenvalue weighted by Crippen LogP contribution is -2.04. The van der Waals surface area contributed by atoms with Crippen molar-refractivity contribution in [3.63, 3.8) is 0 Å². The molecule has 0 aromatic heterocycles. The van der Waals surface area contributed by atoms with E-state index in [1.807, 2.05) is 6.92 Å². The Hall–Kier alpha value is -1.77. The van der Waals surface area contributed by atoms with Crippen LogP contribution in [0.25, 0.3) is 6.08 Å². The number of benzene rings is 1. The van der Waals surface area contributed by atoms with E-state index < -0.39 is 0 Å². The number of carbonyl (C=O) groups is 1. The first-order chi connectivity index (χ1) is 7.22. The summed E-state index contributed by atoms with van der Waals surface area (Å²) in [5, 5.41) is 0. The number of esters is 1. The van der Waals surface area contributed by atoms with Crippen molar-refractivity contribution in [2.45, 2.75) is 6.92 Å². The van der Waals surface area contributed by atoms with E-state index in [2.05, 4.69) is 11.3 Å². The van der Waals surface area contributed by atoms with Crippen LogP contribution in [0.3, 0.4) is 0 Å². The number of carbonyl (C=O) groups excluding carboxylic acids is 1. The Balaban J connectivity index is 3.08. The summed E-state index contributed by atoms with van der Waals surface area (Å²) in [6, 6.07) is 5.18. The summed E-state index contributed by atoms with van der Waals surface area (Å²) in [4.78, 5) is 11.4. The van der Waals surface area contributed by atoms with Crippen LogP contribution < -0.4 is 4.74 Å². The maximum atomic E-state index is 11.4. The minimum absolute atomic E-state index is 0.368. The van der Waals surface area contributed by atoms with E-state index in [9.17, 15) is 4.79 Å². The Morgan fingerprint density at radius 1 is 1.53 bits per heavy atom. The maximum absolute atomic E-state index is 11.4. The second kappa shape index (κ2) is 5.20. The van der Waals surface area contributed by atoms with E-state index in [1.54, 1.807) is 24.3 Å². The molecular weight excluding hydrogens is 192 g/mol. The van der Waals surface area contributed by atoms with Crippen molar-refractivity contribution in [2.75, 3.05) is 13.7 Å². The molecule has 0 radical (unpaired) electrons. The summed E-state index contributed by atoms with van der Waals surface area (Å²) in [7, 11) is 1.35. The topological polar surface area (TPSA) is 35.5 Å². The van der Waals surface area contributed by atoms with Gasteiger partial charge in [0.15, 0.2) is 0 Å². The molecule has 1 aromatic rings. The van der Waals surface area contributed by atoms with E-state index in [4.69, 9.17) is 4.74 Å². The van der Waals surface area contributed by atoms with Gasteiger partial charge in [0.25, 0.3) is 0 Å². The first-order valence-corrected chi connectivity index (χ1v) is 4.70. The van der Waals surface area contributed by atoms with Gasteiger partial charge < -0.3 is 9.47 Å². The fraction of sp³-hybridized carbons (Fsp3) is 0.250. The molecule has 15 heavy (non-hydrogen) atoms. The minimum Gasteiger partial charge on any atom is -0.494 e. The molecule has 0 saturated heterocycles. The van der Waals surface area contributed by atoms with Crippen LogP contribution >= 0.6 is 0 Å². The van der Waals surface area contributed by atoms with Crippen molar-refractivity contribution in [1.82, 2.24) is 0 Å². The zero-order chi connectivity index (χ0) is 11.3. The number of rotatable bonds is 4. The zero-order valence-electron chi connectivity index (χ0n) is 8.95. The molecule has 0 heterocycles. The standard InChI is InChI=1S/C12H14O3/c1-4-9-8-10(15-5-2)6-7-11(9)12(13)14-3/h4,6-8H,1,5H2,2-3H3. The van der Waals surface area contributed by atoms with Crippen LogP contribution in [0.1, 0.15) is 22.8 Å². The first kappa shape index (κ1) is 11.3. The van der Waals surface area contributed by atoms with Gasteiger partial charge in [0.05, 0.1) is 19.3 Å². The van der Waals surface area contributed by atoms with Gasteiger partial charge in [-0.1, -0.05) is 12.7 Å². The Morgan fingerprint density at radius 3 is 2.80 bits per heavy atom. The van der Waals surface area contributed by atoms with Gasteiger partial charge in [0.1, 0.15) is 5.75 Å². The van der Waals surface area contributed by atoms with Crippen LogP contribution in [-0.4, -0.2) is 19.7 Å². The molecule has 0 atom stereocenters.